The van der Waals surface area contributed by atoms with Crippen molar-refractivity contribution in [2.24, 2.45) is 5.92 Å². The molecule has 0 aromatic carbocycles. The van der Waals surface area contributed by atoms with Gasteiger partial charge < -0.3 is 0 Å². The van der Waals surface area contributed by atoms with Crippen molar-refractivity contribution in [1.29, 1.82) is 0 Å². The second-order valence-electron chi connectivity index (χ2n) is 9.28. The molecule has 28 heavy (non-hydrogen) atoms. The molecule has 0 amide bonds. The molecule has 170 valence electrons. The zero-order valence-corrected chi connectivity index (χ0v) is 22.1. The first kappa shape index (κ1) is 28.7. The lowest BCUT2D eigenvalue weighted by Crippen LogP contribution is -2.02. The number of rotatable bonds is 24. The van der Waals surface area contributed by atoms with Gasteiger partial charge in [0.1, 0.15) is 0 Å². The van der Waals surface area contributed by atoms with E-state index >= 15 is 0 Å². The molecule has 0 rings (SSSR count). The third-order valence-electron chi connectivity index (χ3n) is 6.43. The zero-order chi connectivity index (χ0) is 20.5. The van der Waals surface area contributed by atoms with Gasteiger partial charge >= 0.3 is 0 Å². The molecule has 0 aromatic heterocycles. The molecule has 0 saturated carbocycles. The van der Waals surface area contributed by atoms with Crippen LogP contribution in [0.4, 0.5) is 0 Å². The van der Waals surface area contributed by atoms with Gasteiger partial charge in [-0.05, 0) is 16.8 Å². The highest BCUT2D eigenvalue weighted by atomic mass is 127. The molecule has 1 unspecified atom stereocenters. The SMILES string of the molecule is CCCCCCCCCCCCC(CCCCI)CCCCCCCCCC. The lowest BCUT2D eigenvalue weighted by Gasteiger charge is -2.17. The molecule has 0 bridgehead atoms. The molecule has 0 nitrogen and oxygen atoms in total. The van der Waals surface area contributed by atoms with Crippen LogP contribution in [0, 0.1) is 5.92 Å². The molecular weight excluding hydrogens is 451 g/mol. The van der Waals surface area contributed by atoms with Gasteiger partial charge in [0, 0.05) is 0 Å². The van der Waals surface area contributed by atoms with Crippen molar-refractivity contribution in [2.75, 3.05) is 4.43 Å². The number of hydrogen-bond acceptors (Lipinski definition) is 0. The van der Waals surface area contributed by atoms with E-state index in [9.17, 15) is 0 Å². The summed E-state index contributed by atoms with van der Waals surface area (Å²) < 4.78 is 1.35. The molecule has 0 radical (unpaired) electrons. The predicted octanol–water partition coefficient (Wildman–Crippen LogP) is 11.0. The van der Waals surface area contributed by atoms with Crippen LogP contribution in [0.15, 0.2) is 0 Å². The van der Waals surface area contributed by atoms with Crippen LogP contribution < -0.4 is 0 Å². The second-order valence-corrected chi connectivity index (χ2v) is 10.4. The average molecular weight is 507 g/mol. The molecule has 0 aliphatic rings. The summed E-state index contributed by atoms with van der Waals surface area (Å²) in [7, 11) is 0. The molecule has 0 aromatic rings. The van der Waals surface area contributed by atoms with Crippen molar-refractivity contribution in [3.05, 3.63) is 0 Å². The zero-order valence-electron chi connectivity index (χ0n) is 19.9. The van der Waals surface area contributed by atoms with E-state index in [0.717, 1.165) is 5.92 Å². The van der Waals surface area contributed by atoms with Crippen molar-refractivity contribution in [2.45, 2.75) is 162 Å². The van der Waals surface area contributed by atoms with Crippen molar-refractivity contribution in [1.82, 2.24) is 0 Å². The lowest BCUT2D eigenvalue weighted by atomic mass is 9.90. The number of hydrogen-bond donors (Lipinski definition) is 0. The van der Waals surface area contributed by atoms with Gasteiger partial charge in [0.05, 0.1) is 0 Å². The third-order valence-corrected chi connectivity index (χ3v) is 7.19. The van der Waals surface area contributed by atoms with Gasteiger partial charge in [-0.1, -0.05) is 178 Å². The molecule has 0 saturated heterocycles. The maximum atomic E-state index is 2.55. The molecule has 0 fully saturated rings. The van der Waals surface area contributed by atoms with E-state index in [2.05, 4.69) is 36.4 Å². The number of unbranched alkanes of at least 4 members (excludes halogenated alkanes) is 17. The largest absolute Gasteiger partial charge is 0.0864 e. The van der Waals surface area contributed by atoms with Crippen LogP contribution in [0.3, 0.4) is 0 Å². The van der Waals surface area contributed by atoms with Gasteiger partial charge in [-0.2, -0.15) is 0 Å². The van der Waals surface area contributed by atoms with Crippen LogP contribution in [0.2, 0.25) is 0 Å². The van der Waals surface area contributed by atoms with E-state index in [1.54, 1.807) is 0 Å². The Morgan fingerprint density at radius 3 is 1.00 bits per heavy atom. The first-order valence-corrected chi connectivity index (χ1v) is 14.9. The van der Waals surface area contributed by atoms with Crippen LogP contribution in [-0.2, 0) is 0 Å². The summed E-state index contributed by atoms with van der Waals surface area (Å²) in [4.78, 5) is 0. The normalized spacial score (nSPS) is 12.5. The third kappa shape index (κ3) is 23.0. The first-order chi connectivity index (χ1) is 13.8. The second kappa shape index (κ2) is 25.8. The van der Waals surface area contributed by atoms with E-state index in [1.165, 1.54) is 152 Å². The smallest absolute Gasteiger partial charge is 0.000473 e. The summed E-state index contributed by atoms with van der Waals surface area (Å²) >= 11 is 2.55. The van der Waals surface area contributed by atoms with Crippen molar-refractivity contribution < 1.29 is 0 Å². The van der Waals surface area contributed by atoms with Crippen molar-refractivity contribution >= 4 is 22.6 Å². The summed E-state index contributed by atoms with van der Waals surface area (Å²) in [6, 6.07) is 0. The first-order valence-electron chi connectivity index (χ1n) is 13.4. The van der Waals surface area contributed by atoms with Gasteiger partial charge in [-0.25, -0.2) is 0 Å². The van der Waals surface area contributed by atoms with Crippen LogP contribution in [0.5, 0.6) is 0 Å². The molecule has 1 atom stereocenters. The molecule has 0 spiro atoms. The molecule has 0 aliphatic carbocycles. The van der Waals surface area contributed by atoms with Crippen LogP contribution in [0.25, 0.3) is 0 Å². The topological polar surface area (TPSA) is 0 Å². The molecule has 1 heteroatoms. The summed E-state index contributed by atoms with van der Waals surface area (Å²) in [6.45, 7) is 4.62. The van der Waals surface area contributed by atoms with Crippen molar-refractivity contribution in [3.63, 3.8) is 0 Å². The van der Waals surface area contributed by atoms with Gasteiger partial charge in [-0.15, -0.1) is 0 Å². The Kier molecular flexibility index (Phi) is 26.4. The van der Waals surface area contributed by atoms with Crippen LogP contribution in [0.1, 0.15) is 162 Å². The molecule has 0 heterocycles. The molecule has 0 N–H and O–H groups in total. The summed E-state index contributed by atoms with van der Waals surface area (Å²) in [5.41, 5.74) is 0. The van der Waals surface area contributed by atoms with E-state index in [4.69, 9.17) is 0 Å². The van der Waals surface area contributed by atoms with Gasteiger partial charge in [0.2, 0.25) is 0 Å². The molecule has 0 aliphatic heterocycles. The monoisotopic (exact) mass is 506 g/mol. The fourth-order valence-corrected chi connectivity index (χ4v) is 4.99. The average Bonchev–Trinajstić information content (AvgIpc) is 2.71. The maximum absolute atomic E-state index is 2.55. The van der Waals surface area contributed by atoms with E-state index in [0.29, 0.717) is 0 Å². The summed E-state index contributed by atoms with van der Waals surface area (Å²) in [5, 5.41) is 0. The minimum atomic E-state index is 1.04. The number of alkyl halides is 1. The highest BCUT2D eigenvalue weighted by molar-refractivity contribution is 14.1. The van der Waals surface area contributed by atoms with E-state index < -0.39 is 0 Å². The Morgan fingerprint density at radius 1 is 0.393 bits per heavy atom. The Bertz CT molecular complexity index is 263. The maximum Gasteiger partial charge on any atom is -0.000473 e. The fraction of sp³-hybridized carbons (Fsp3) is 1.00. The lowest BCUT2D eigenvalue weighted by molar-refractivity contribution is 0.371. The quantitative estimate of drug-likeness (QED) is 0.0694. The minimum absolute atomic E-state index is 1.04. The Balaban J connectivity index is 3.61. The van der Waals surface area contributed by atoms with E-state index in [-0.39, 0.29) is 0 Å². The summed E-state index contributed by atoms with van der Waals surface area (Å²) in [6.07, 6.45) is 33.9. The standard InChI is InChI=1S/C27H55I/c1-3-5-7-9-11-13-14-16-18-20-24-27(25-21-22-26-28)23-19-17-15-12-10-8-6-4-2/h27H,3-26H2,1-2H3. The fourth-order valence-electron chi connectivity index (χ4n) is 4.45. The van der Waals surface area contributed by atoms with E-state index in [1.807, 2.05) is 0 Å². The van der Waals surface area contributed by atoms with Crippen LogP contribution in [-0.4, -0.2) is 4.43 Å². The highest BCUT2D eigenvalue weighted by Gasteiger charge is 2.08. The number of halogens is 1. The Morgan fingerprint density at radius 2 is 0.679 bits per heavy atom. The Labute approximate surface area is 193 Å². The summed E-state index contributed by atoms with van der Waals surface area (Å²) in [5.74, 6) is 1.04. The predicted molar refractivity (Wildman–Crippen MR) is 140 cm³/mol. The van der Waals surface area contributed by atoms with Gasteiger partial charge in [0.15, 0.2) is 0 Å². The van der Waals surface area contributed by atoms with Crippen molar-refractivity contribution in [3.8, 4) is 0 Å². The van der Waals surface area contributed by atoms with Gasteiger partial charge in [0.25, 0.3) is 0 Å². The van der Waals surface area contributed by atoms with Gasteiger partial charge in [-0.3, -0.25) is 0 Å². The molecular formula is C27H55I. The van der Waals surface area contributed by atoms with Crippen LogP contribution >= 0.6 is 22.6 Å². The Hall–Kier alpha value is 0.730. The minimum Gasteiger partial charge on any atom is -0.0864 e. The highest BCUT2D eigenvalue weighted by Crippen LogP contribution is 2.24.